The van der Waals surface area contributed by atoms with Crippen molar-refractivity contribution in [3.63, 3.8) is 0 Å². The van der Waals surface area contributed by atoms with Crippen LogP contribution in [0, 0.1) is 0 Å². The zero-order chi connectivity index (χ0) is 10.7. The highest BCUT2D eigenvalue weighted by molar-refractivity contribution is 5.48. The Morgan fingerprint density at radius 2 is 2.07 bits per heavy atom. The van der Waals surface area contributed by atoms with E-state index in [-0.39, 0.29) is 6.04 Å². The van der Waals surface area contributed by atoms with Crippen LogP contribution in [0.15, 0.2) is 18.3 Å². The Hall–Kier alpha value is -1.09. The molecule has 2 heterocycles. The van der Waals surface area contributed by atoms with Crippen LogP contribution >= 0.6 is 0 Å². The average Bonchev–Trinajstić information content (AvgIpc) is 2.30. The van der Waals surface area contributed by atoms with E-state index in [9.17, 15) is 0 Å². The lowest BCUT2D eigenvalue weighted by molar-refractivity contribution is 0.570. The summed E-state index contributed by atoms with van der Waals surface area (Å²) in [7, 11) is 0. The maximum absolute atomic E-state index is 5.95. The summed E-state index contributed by atoms with van der Waals surface area (Å²) in [6.07, 6.45) is 5.75. The van der Waals surface area contributed by atoms with Crippen LogP contribution < -0.4 is 10.6 Å². The molecule has 3 heteroatoms. The van der Waals surface area contributed by atoms with E-state index in [1.807, 2.05) is 19.2 Å². The maximum Gasteiger partial charge on any atom is 0.133 e. The van der Waals surface area contributed by atoms with Crippen LogP contribution in [-0.4, -0.2) is 18.1 Å². The fraction of sp³-hybridized carbons (Fsp3) is 0.583. The van der Waals surface area contributed by atoms with Crippen molar-refractivity contribution in [3.05, 3.63) is 23.9 Å². The van der Waals surface area contributed by atoms with Gasteiger partial charge in [0.15, 0.2) is 0 Å². The fourth-order valence-electron chi connectivity index (χ4n) is 2.13. The number of anilines is 1. The molecule has 1 saturated heterocycles. The molecule has 1 aromatic rings. The first-order chi connectivity index (χ1) is 7.29. The van der Waals surface area contributed by atoms with Gasteiger partial charge < -0.3 is 10.6 Å². The maximum atomic E-state index is 5.95. The van der Waals surface area contributed by atoms with E-state index < -0.39 is 0 Å². The van der Waals surface area contributed by atoms with Crippen LogP contribution in [0.4, 0.5) is 5.82 Å². The van der Waals surface area contributed by atoms with Crippen molar-refractivity contribution in [2.24, 2.45) is 5.73 Å². The van der Waals surface area contributed by atoms with Crippen molar-refractivity contribution < 1.29 is 0 Å². The summed E-state index contributed by atoms with van der Waals surface area (Å²) >= 11 is 0. The van der Waals surface area contributed by atoms with Crippen molar-refractivity contribution in [1.82, 2.24) is 4.98 Å². The van der Waals surface area contributed by atoms with Gasteiger partial charge in [0.25, 0.3) is 0 Å². The Balaban J connectivity index is 2.25. The van der Waals surface area contributed by atoms with Gasteiger partial charge in [-0.15, -0.1) is 0 Å². The van der Waals surface area contributed by atoms with Crippen LogP contribution in [0.1, 0.15) is 37.8 Å². The number of piperidine rings is 1. The largest absolute Gasteiger partial charge is 0.356 e. The van der Waals surface area contributed by atoms with Crippen molar-refractivity contribution in [1.29, 1.82) is 0 Å². The van der Waals surface area contributed by atoms with Gasteiger partial charge in [0.1, 0.15) is 5.82 Å². The Morgan fingerprint density at radius 3 is 2.73 bits per heavy atom. The molecule has 0 aliphatic carbocycles. The standard InChI is InChI=1S/C12H19N3/c1-10(13)11-6-5-7-14-12(11)15-8-3-2-4-9-15/h5-7,10H,2-4,8-9,13H2,1H3. The Kier molecular flexibility index (Phi) is 3.21. The summed E-state index contributed by atoms with van der Waals surface area (Å²) in [6, 6.07) is 4.11. The third kappa shape index (κ3) is 2.29. The normalized spacial score (nSPS) is 18.9. The Morgan fingerprint density at radius 1 is 1.33 bits per heavy atom. The first-order valence-electron chi connectivity index (χ1n) is 5.74. The second-order valence-corrected chi connectivity index (χ2v) is 4.25. The number of pyridine rings is 1. The first-order valence-corrected chi connectivity index (χ1v) is 5.74. The summed E-state index contributed by atoms with van der Waals surface area (Å²) in [4.78, 5) is 6.83. The second kappa shape index (κ2) is 4.62. The minimum Gasteiger partial charge on any atom is -0.356 e. The summed E-state index contributed by atoms with van der Waals surface area (Å²) in [6.45, 7) is 4.26. The minimum absolute atomic E-state index is 0.0654. The summed E-state index contributed by atoms with van der Waals surface area (Å²) in [5.74, 6) is 1.09. The molecule has 2 N–H and O–H groups in total. The van der Waals surface area contributed by atoms with Crippen LogP contribution in [0.25, 0.3) is 0 Å². The van der Waals surface area contributed by atoms with E-state index in [4.69, 9.17) is 5.73 Å². The van der Waals surface area contributed by atoms with Gasteiger partial charge in [0.2, 0.25) is 0 Å². The molecule has 15 heavy (non-hydrogen) atoms. The van der Waals surface area contributed by atoms with E-state index in [1.165, 1.54) is 24.8 Å². The zero-order valence-corrected chi connectivity index (χ0v) is 9.32. The third-order valence-electron chi connectivity index (χ3n) is 2.96. The lowest BCUT2D eigenvalue weighted by Gasteiger charge is -2.30. The first kappa shape index (κ1) is 10.4. The molecular formula is C12H19N3. The van der Waals surface area contributed by atoms with Gasteiger partial charge in [-0.3, -0.25) is 0 Å². The van der Waals surface area contributed by atoms with Crippen LogP contribution in [0.2, 0.25) is 0 Å². The molecule has 0 amide bonds. The molecule has 0 spiro atoms. The summed E-state index contributed by atoms with van der Waals surface area (Å²) in [5.41, 5.74) is 7.12. The lowest BCUT2D eigenvalue weighted by atomic mass is 10.1. The fourth-order valence-corrected chi connectivity index (χ4v) is 2.13. The number of hydrogen-bond acceptors (Lipinski definition) is 3. The van der Waals surface area contributed by atoms with E-state index in [0.29, 0.717) is 0 Å². The molecule has 82 valence electrons. The highest BCUT2D eigenvalue weighted by Gasteiger charge is 2.16. The van der Waals surface area contributed by atoms with Crippen molar-refractivity contribution in [2.45, 2.75) is 32.2 Å². The highest BCUT2D eigenvalue weighted by atomic mass is 15.2. The van der Waals surface area contributed by atoms with Gasteiger partial charge in [-0.05, 0) is 32.3 Å². The molecule has 2 rings (SSSR count). The second-order valence-electron chi connectivity index (χ2n) is 4.25. The van der Waals surface area contributed by atoms with Gasteiger partial charge in [-0.2, -0.15) is 0 Å². The molecule has 1 aliphatic heterocycles. The molecule has 1 aromatic heterocycles. The SMILES string of the molecule is CC(N)c1cccnc1N1CCCCC1. The number of nitrogens with two attached hydrogens (primary N) is 1. The van der Waals surface area contributed by atoms with Crippen LogP contribution in [0.5, 0.6) is 0 Å². The Bertz CT molecular complexity index is 316. The highest BCUT2D eigenvalue weighted by Crippen LogP contribution is 2.24. The molecule has 0 radical (unpaired) electrons. The quantitative estimate of drug-likeness (QED) is 0.804. The molecule has 0 saturated carbocycles. The van der Waals surface area contributed by atoms with E-state index in [0.717, 1.165) is 18.9 Å². The van der Waals surface area contributed by atoms with Crippen LogP contribution in [-0.2, 0) is 0 Å². The van der Waals surface area contributed by atoms with E-state index >= 15 is 0 Å². The molecule has 1 fully saturated rings. The molecule has 0 bridgehead atoms. The average molecular weight is 205 g/mol. The molecular weight excluding hydrogens is 186 g/mol. The van der Waals surface area contributed by atoms with E-state index in [2.05, 4.69) is 16.0 Å². The number of aromatic nitrogens is 1. The monoisotopic (exact) mass is 205 g/mol. The topological polar surface area (TPSA) is 42.1 Å². The van der Waals surface area contributed by atoms with Gasteiger partial charge in [0.05, 0.1) is 0 Å². The van der Waals surface area contributed by atoms with Crippen molar-refractivity contribution in [2.75, 3.05) is 18.0 Å². The molecule has 0 aromatic carbocycles. The predicted molar refractivity (Wildman–Crippen MR) is 62.9 cm³/mol. The van der Waals surface area contributed by atoms with Gasteiger partial charge in [0, 0.05) is 30.9 Å². The minimum atomic E-state index is 0.0654. The number of hydrogen-bond donors (Lipinski definition) is 1. The lowest BCUT2D eigenvalue weighted by Crippen LogP contribution is -2.31. The number of rotatable bonds is 2. The van der Waals surface area contributed by atoms with Crippen LogP contribution in [0.3, 0.4) is 0 Å². The molecule has 3 nitrogen and oxygen atoms in total. The van der Waals surface area contributed by atoms with E-state index in [1.54, 1.807) is 0 Å². The molecule has 1 unspecified atom stereocenters. The smallest absolute Gasteiger partial charge is 0.133 e. The number of nitrogens with zero attached hydrogens (tertiary/aromatic N) is 2. The van der Waals surface area contributed by atoms with Crippen molar-refractivity contribution in [3.8, 4) is 0 Å². The summed E-state index contributed by atoms with van der Waals surface area (Å²) in [5, 5.41) is 0. The molecule has 1 aliphatic rings. The van der Waals surface area contributed by atoms with Gasteiger partial charge in [-0.1, -0.05) is 6.07 Å². The van der Waals surface area contributed by atoms with Crippen molar-refractivity contribution >= 4 is 5.82 Å². The third-order valence-corrected chi connectivity index (χ3v) is 2.96. The van der Waals surface area contributed by atoms with Gasteiger partial charge >= 0.3 is 0 Å². The van der Waals surface area contributed by atoms with Gasteiger partial charge in [-0.25, -0.2) is 4.98 Å². The Labute approximate surface area is 91.3 Å². The zero-order valence-electron chi connectivity index (χ0n) is 9.32. The molecule has 1 atom stereocenters. The predicted octanol–water partition coefficient (Wildman–Crippen LogP) is 2.09. The summed E-state index contributed by atoms with van der Waals surface area (Å²) < 4.78 is 0.